The molecule has 2 N–H and O–H groups in total. The van der Waals surface area contributed by atoms with E-state index in [-0.39, 0.29) is 0 Å². The number of rotatable bonds is 10. The summed E-state index contributed by atoms with van der Waals surface area (Å²) in [4.78, 5) is 11.4. The van der Waals surface area contributed by atoms with Crippen LogP contribution in [0.4, 0.5) is 13.2 Å². The Balaban J connectivity index is 0.000000697. The molecule has 0 atom stereocenters. The van der Waals surface area contributed by atoms with Gasteiger partial charge in [0.05, 0.1) is 0 Å². The third-order valence-electron chi connectivity index (χ3n) is 3.60. The molecule has 0 saturated carbocycles. The van der Waals surface area contributed by atoms with Crippen molar-refractivity contribution in [3.8, 4) is 0 Å². The van der Waals surface area contributed by atoms with Gasteiger partial charge in [0.2, 0.25) is 0 Å². The lowest BCUT2D eigenvalue weighted by molar-refractivity contribution is -0.192. The van der Waals surface area contributed by atoms with Crippen molar-refractivity contribution in [3.63, 3.8) is 0 Å². The summed E-state index contributed by atoms with van der Waals surface area (Å²) in [6, 6.07) is 10.7. The predicted molar refractivity (Wildman–Crippen MR) is 91.5 cm³/mol. The van der Waals surface area contributed by atoms with Crippen LogP contribution in [0, 0.1) is 0 Å². The fraction of sp³-hybridized carbons (Fsp3) is 0.611. The van der Waals surface area contributed by atoms with E-state index in [2.05, 4.69) is 42.2 Å². The zero-order valence-corrected chi connectivity index (χ0v) is 14.6. The molecule has 0 aliphatic heterocycles. The average molecular weight is 363 g/mol. The number of nitrogens with zero attached hydrogens (tertiary/aromatic N) is 1. The van der Waals surface area contributed by atoms with E-state index in [1.165, 1.54) is 31.4 Å². The van der Waals surface area contributed by atoms with Gasteiger partial charge in [-0.3, -0.25) is 0 Å². The molecule has 4 nitrogen and oxygen atoms in total. The minimum Gasteiger partial charge on any atom is -0.475 e. The zero-order valence-electron chi connectivity index (χ0n) is 14.6. The summed E-state index contributed by atoms with van der Waals surface area (Å²) in [7, 11) is 0. The van der Waals surface area contributed by atoms with Crippen LogP contribution in [0.15, 0.2) is 30.3 Å². The number of hydrogen-bond acceptors (Lipinski definition) is 3. The Kier molecular flexibility index (Phi) is 12.8. The van der Waals surface area contributed by atoms with Crippen molar-refractivity contribution in [2.75, 3.05) is 26.2 Å². The summed E-state index contributed by atoms with van der Waals surface area (Å²) in [6.45, 7) is 5.98. The van der Waals surface area contributed by atoms with Crippen LogP contribution < -0.4 is 0 Å². The van der Waals surface area contributed by atoms with Crippen LogP contribution in [-0.4, -0.2) is 53.5 Å². The van der Waals surface area contributed by atoms with Crippen LogP contribution in [0.25, 0.3) is 0 Å². The van der Waals surface area contributed by atoms with Crippen molar-refractivity contribution >= 4 is 5.97 Å². The Labute approximate surface area is 147 Å². The van der Waals surface area contributed by atoms with Gasteiger partial charge in [0.15, 0.2) is 0 Å². The molecule has 0 bridgehead atoms. The first-order valence-corrected chi connectivity index (χ1v) is 8.48. The maximum atomic E-state index is 10.6. The molecule has 1 aromatic rings. The molecule has 1 rings (SSSR count). The van der Waals surface area contributed by atoms with Gasteiger partial charge in [0.1, 0.15) is 0 Å². The Bertz CT molecular complexity index is 453. The third kappa shape index (κ3) is 13.4. The number of carboxylic acid groups (broad SMARTS) is 1. The lowest BCUT2D eigenvalue weighted by Gasteiger charge is -2.19. The number of aryl methyl sites for hydroxylation is 1. The molecule has 7 heteroatoms. The molecule has 0 aromatic heterocycles. The van der Waals surface area contributed by atoms with Gasteiger partial charge in [-0.15, -0.1) is 0 Å². The van der Waals surface area contributed by atoms with E-state index in [4.69, 9.17) is 15.0 Å². The summed E-state index contributed by atoms with van der Waals surface area (Å²) in [5.74, 6) is -2.76. The number of alkyl halides is 3. The first-order valence-electron chi connectivity index (χ1n) is 8.48. The second-order valence-corrected chi connectivity index (χ2v) is 5.61. The summed E-state index contributed by atoms with van der Waals surface area (Å²) >= 11 is 0. The lowest BCUT2D eigenvalue weighted by atomic mass is 10.1. The molecule has 0 saturated heterocycles. The third-order valence-corrected chi connectivity index (χ3v) is 3.60. The summed E-state index contributed by atoms with van der Waals surface area (Å²) < 4.78 is 31.7. The second-order valence-electron chi connectivity index (χ2n) is 5.61. The van der Waals surface area contributed by atoms with Gasteiger partial charge < -0.3 is 15.1 Å². The van der Waals surface area contributed by atoms with E-state index in [0.29, 0.717) is 6.61 Å². The molecule has 0 fully saturated rings. The standard InChI is InChI=1S/C16H27NO.C2HF3O2/c1-2-17(14-8-9-15-18)13-7-6-12-16-10-4-3-5-11-16;3-2(4,5)1(6)7/h3-5,10-11,18H,2,6-9,12-15H2,1H3;(H,6,7). The number of aliphatic hydroxyl groups excluding tert-OH is 1. The molecule has 1 aromatic carbocycles. The van der Waals surface area contributed by atoms with Gasteiger partial charge in [-0.05, 0) is 57.3 Å². The number of unbranched alkanes of at least 4 members (excludes halogenated alkanes) is 2. The van der Waals surface area contributed by atoms with Gasteiger partial charge in [-0.25, -0.2) is 4.79 Å². The number of aliphatic carboxylic acids is 1. The fourth-order valence-corrected chi connectivity index (χ4v) is 2.18. The highest BCUT2D eigenvalue weighted by Crippen LogP contribution is 2.13. The van der Waals surface area contributed by atoms with Crippen LogP contribution in [0.3, 0.4) is 0 Å². The number of hydrogen-bond donors (Lipinski definition) is 2. The fourth-order valence-electron chi connectivity index (χ4n) is 2.18. The molecule has 144 valence electrons. The maximum Gasteiger partial charge on any atom is 0.490 e. The van der Waals surface area contributed by atoms with E-state index in [1.54, 1.807) is 0 Å². The molecular weight excluding hydrogens is 335 g/mol. The summed E-state index contributed by atoms with van der Waals surface area (Å²) in [6.07, 6.45) is 0.681. The van der Waals surface area contributed by atoms with Crippen LogP contribution in [0.1, 0.15) is 38.2 Å². The minimum atomic E-state index is -5.08. The van der Waals surface area contributed by atoms with Crippen molar-refractivity contribution in [1.82, 2.24) is 4.90 Å². The molecule has 25 heavy (non-hydrogen) atoms. The van der Waals surface area contributed by atoms with Crippen molar-refractivity contribution in [1.29, 1.82) is 0 Å². The van der Waals surface area contributed by atoms with E-state index in [1.807, 2.05) is 0 Å². The first kappa shape index (κ1) is 23.4. The molecule has 0 aliphatic rings. The highest BCUT2D eigenvalue weighted by Gasteiger charge is 2.38. The Hall–Kier alpha value is -1.60. The van der Waals surface area contributed by atoms with Gasteiger partial charge in [0.25, 0.3) is 0 Å². The number of aliphatic hydroxyl groups is 1. The summed E-state index contributed by atoms with van der Waals surface area (Å²) in [5.41, 5.74) is 1.45. The largest absolute Gasteiger partial charge is 0.490 e. The SMILES string of the molecule is CCN(CCCCO)CCCCc1ccccc1.O=C(O)C(F)(F)F. The number of carbonyl (C=O) groups is 1. The van der Waals surface area contributed by atoms with Gasteiger partial charge in [0, 0.05) is 6.61 Å². The smallest absolute Gasteiger partial charge is 0.475 e. The molecular formula is C18H28F3NO3. The average Bonchev–Trinajstić information content (AvgIpc) is 2.57. The zero-order chi connectivity index (χ0) is 19.1. The lowest BCUT2D eigenvalue weighted by Crippen LogP contribution is -2.26. The van der Waals surface area contributed by atoms with Crippen molar-refractivity contribution < 1.29 is 28.2 Å². The maximum absolute atomic E-state index is 10.6. The molecule has 0 radical (unpaired) electrons. The van der Waals surface area contributed by atoms with E-state index in [0.717, 1.165) is 25.9 Å². The first-order chi connectivity index (χ1) is 11.8. The van der Waals surface area contributed by atoms with E-state index in [9.17, 15) is 13.2 Å². The highest BCUT2D eigenvalue weighted by molar-refractivity contribution is 5.73. The van der Waals surface area contributed by atoms with Crippen LogP contribution >= 0.6 is 0 Å². The second kappa shape index (κ2) is 13.7. The Morgan fingerprint density at radius 3 is 2.00 bits per heavy atom. The van der Waals surface area contributed by atoms with Gasteiger partial charge >= 0.3 is 12.1 Å². The molecule has 0 amide bonds. The predicted octanol–water partition coefficient (Wildman–Crippen LogP) is 3.74. The van der Waals surface area contributed by atoms with Crippen molar-refractivity contribution in [3.05, 3.63) is 35.9 Å². The monoisotopic (exact) mass is 363 g/mol. The van der Waals surface area contributed by atoms with E-state index < -0.39 is 12.1 Å². The molecule has 0 unspecified atom stereocenters. The van der Waals surface area contributed by atoms with Gasteiger partial charge in [-0.2, -0.15) is 13.2 Å². The Morgan fingerprint density at radius 1 is 1.04 bits per heavy atom. The summed E-state index contributed by atoms with van der Waals surface area (Å²) in [5, 5.41) is 15.9. The topological polar surface area (TPSA) is 60.8 Å². The number of carboxylic acids is 1. The number of halogens is 3. The van der Waals surface area contributed by atoms with Crippen LogP contribution in [0.5, 0.6) is 0 Å². The van der Waals surface area contributed by atoms with Crippen LogP contribution in [0.2, 0.25) is 0 Å². The molecule has 0 aliphatic carbocycles. The highest BCUT2D eigenvalue weighted by atomic mass is 19.4. The van der Waals surface area contributed by atoms with Gasteiger partial charge in [-0.1, -0.05) is 37.3 Å². The number of benzene rings is 1. The van der Waals surface area contributed by atoms with Crippen molar-refractivity contribution in [2.45, 2.75) is 45.2 Å². The molecule has 0 spiro atoms. The quantitative estimate of drug-likeness (QED) is 0.622. The minimum absolute atomic E-state index is 0.325. The van der Waals surface area contributed by atoms with Crippen LogP contribution in [-0.2, 0) is 11.2 Å². The Morgan fingerprint density at radius 2 is 1.56 bits per heavy atom. The molecule has 0 heterocycles. The normalized spacial score (nSPS) is 11.1. The van der Waals surface area contributed by atoms with Crippen molar-refractivity contribution in [2.24, 2.45) is 0 Å². The van der Waals surface area contributed by atoms with E-state index >= 15 is 0 Å².